The molecular formula is C11H7Cl3N4OS. The number of carbonyl (C=O) groups is 1. The monoisotopic (exact) mass is 348 g/mol. The summed E-state index contributed by atoms with van der Waals surface area (Å²) in [4.78, 5) is 15.7. The minimum absolute atomic E-state index is 0.000275. The molecule has 0 saturated heterocycles. The summed E-state index contributed by atoms with van der Waals surface area (Å²) in [6, 6.07) is 1.85. The number of aromatic nitrogens is 1. The molecule has 9 heteroatoms. The third-order valence-electron chi connectivity index (χ3n) is 2.21. The molecule has 1 amide bonds. The molecule has 0 atom stereocenters. The van der Waals surface area contributed by atoms with Crippen LogP contribution >= 0.6 is 46.1 Å². The molecule has 0 spiro atoms. The van der Waals surface area contributed by atoms with Gasteiger partial charge in [0.2, 0.25) is 0 Å². The molecule has 2 aromatic rings. The second kappa shape index (κ2) is 6.41. The van der Waals surface area contributed by atoms with Gasteiger partial charge < -0.3 is 5.73 Å². The largest absolute Gasteiger partial charge is 0.396 e. The van der Waals surface area contributed by atoms with Crippen molar-refractivity contribution < 1.29 is 4.79 Å². The van der Waals surface area contributed by atoms with Crippen molar-refractivity contribution in [2.75, 3.05) is 5.73 Å². The van der Waals surface area contributed by atoms with Gasteiger partial charge in [0.05, 0.1) is 16.9 Å². The first kappa shape index (κ1) is 15.1. The summed E-state index contributed by atoms with van der Waals surface area (Å²) in [7, 11) is 0. The van der Waals surface area contributed by atoms with Crippen molar-refractivity contribution in [1.29, 1.82) is 0 Å². The lowest BCUT2D eigenvalue weighted by Gasteiger charge is -2.07. The molecule has 0 fully saturated rings. The fourth-order valence-corrected chi connectivity index (χ4v) is 2.45. The smallest absolute Gasteiger partial charge is 0.291 e. The summed E-state index contributed by atoms with van der Waals surface area (Å²) in [5.74, 6) is -0.633. The Morgan fingerprint density at radius 2 is 2.15 bits per heavy atom. The topological polar surface area (TPSA) is 80.4 Å². The number of hydrazone groups is 1. The Hall–Kier alpha value is -1.34. The number of pyridine rings is 1. The van der Waals surface area contributed by atoms with E-state index in [1.54, 1.807) is 0 Å². The fraction of sp³-hybridized carbons (Fsp3) is 0. The van der Waals surface area contributed by atoms with Crippen LogP contribution in [0.25, 0.3) is 0 Å². The number of amides is 1. The van der Waals surface area contributed by atoms with Gasteiger partial charge >= 0.3 is 0 Å². The SMILES string of the molecule is Nc1c(Cl)c(Cl)nc(C(=O)NN=Cc2ccsc2)c1Cl. The van der Waals surface area contributed by atoms with E-state index in [1.807, 2.05) is 16.8 Å². The molecule has 104 valence electrons. The van der Waals surface area contributed by atoms with Crippen molar-refractivity contribution in [3.05, 3.63) is 43.3 Å². The van der Waals surface area contributed by atoms with Gasteiger partial charge in [0, 0.05) is 5.56 Å². The first-order valence-electron chi connectivity index (χ1n) is 5.16. The Morgan fingerprint density at radius 1 is 1.40 bits per heavy atom. The van der Waals surface area contributed by atoms with Crippen LogP contribution in [0.4, 0.5) is 5.69 Å². The summed E-state index contributed by atoms with van der Waals surface area (Å²) < 4.78 is 0. The number of halogens is 3. The van der Waals surface area contributed by atoms with E-state index in [-0.39, 0.29) is 26.6 Å². The van der Waals surface area contributed by atoms with Gasteiger partial charge in [0.25, 0.3) is 5.91 Å². The first-order valence-corrected chi connectivity index (χ1v) is 7.24. The molecule has 0 aliphatic rings. The molecule has 0 unspecified atom stereocenters. The van der Waals surface area contributed by atoms with Crippen LogP contribution in [0.3, 0.4) is 0 Å². The number of nitrogen functional groups attached to an aromatic ring is 1. The third kappa shape index (κ3) is 3.21. The number of hydrogen-bond acceptors (Lipinski definition) is 5. The number of nitrogens with one attached hydrogen (secondary N) is 1. The van der Waals surface area contributed by atoms with Gasteiger partial charge in [0.1, 0.15) is 5.02 Å². The highest BCUT2D eigenvalue weighted by atomic mass is 35.5. The summed E-state index contributed by atoms with van der Waals surface area (Å²) in [6.07, 6.45) is 1.49. The molecular weight excluding hydrogens is 343 g/mol. The van der Waals surface area contributed by atoms with Gasteiger partial charge in [-0.2, -0.15) is 16.4 Å². The van der Waals surface area contributed by atoms with Crippen LogP contribution in [0.2, 0.25) is 15.2 Å². The fourth-order valence-electron chi connectivity index (χ4n) is 1.25. The van der Waals surface area contributed by atoms with Crippen LogP contribution in [0.15, 0.2) is 21.9 Å². The van der Waals surface area contributed by atoms with Crippen LogP contribution in [0.5, 0.6) is 0 Å². The van der Waals surface area contributed by atoms with Crippen molar-refractivity contribution in [3.8, 4) is 0 Å². The van der Waals surface area contributed by atoms with Crippen LogP contribution in [0.1, 0.15) is 16.1 Å². The van der Waals surface area contributed by atoms with Crippen molar-refractivity contribution in [2.24, 2.45) is 5.10 Å². The van der Waals surface area contributed by atoms with Crippen molar-refractivity contribution >= 4 is 63.9 Å². The molecule has 2 rings (SSSR count). The van der Waals surface area contributed by atoms with E-state index in [1.165, 1.54) is 17.6 Å². The molecule has 3 N–H and O–H groups in total. The second-order valence-electron chi connectivity index (χ2n) is 3.55. The van der Waals surface area contributed by atoms with Gasteiger partial charge in [-0.1, -0.05) is 34.8 Å². The zero-order chi connectivity index (χ0) is 14.7. The van der Waals surface area contributed by atoms with Crippen molar-refractivity contribution in [1.82, 2.24) is 10.4 Å². The van der Waals surface area contributed by atoms with E-state index < -0.39 is 5.91 Å². The molecule has 2 heterocycles. The number of nitrogens with zero attached hydrogens (tertiary/aromatic N) is 2. The standard InChI is InChI=1S/C11H7Cl3N4OS/c12-6-8(15)7(13)10(14)17-9(6)11(19)18-16-3-5-1-2-20-4-5/h1-4H,(H2,15,17)(H,18,19). The van der Waals surface area contributed by atoms with Crippen molar-refractivity contribution in [2.45, 2.75) is 0 Å². The summed E-state index contributed by atoms with van der Waals surface area (Å²) in [5.41, 5.74) is 8.63. The van der Waals surface area contributed by atoms with Crippen LogP contribution < -0.4 is 11.2 Å². The number of rotatable bonds is 3. The highest BCUT2D eigenvalue weighted by Crippen LogP contribution is 2.34. The number of thiophene rings is 1. The summed E-state index contributed by atoms with van der Waals surface area (Å²) >= 11 is 18.9. The van der Waals surface area contributed by atoms with E-state index >= 15 is 0 Å². The number of anilines is 1. The number of nitrogens with two attached hydrogens (primary N) is 1. The average Bonchev–Trinajstić information content (AvgIpc) is 2.93. The zero-order valence-corrected chi connectivity index (χ0v) is 12.8. The highest BCUT2D eigenvalue weighted by Gasteiger charge is 2.19. The predicted octanol–water partition coefficient (Wildman–Crippen LogP) is 3.45. The maximum absolute atomic E-state index is 11.9. The van der Waals surface area contributed by atoms with Crippen molar-refractivity contribution in [3.63, 3.8) is 0 Å². The van der Waals surface area contributed by atoms with Gasteiger partial charge in [0.15, 0.2) is 10.8 Å². The third-order valence-corrected chi connectivity index (χ3v) is 4.05. The molecule has 20 heavy (non-hydrogen) atoms. The Kier molecular flexibility index (Phi) is 4.82. The quantitative estimate of drug-likeness (QED) is 0.506. The first-order chi connectivity index (χ1) is 9.50. The number of hydrogen-bond donors (Lipinski definition) is 2. The Balaban J connectivity index is 2.18. The lowest BCUT2D eigenvalue weighted by atomic mass is 10.3. The summed E-state index contributed by atoms with van der Waals surface area (Å²) in [5, 5.41) is 7.39. The van der Waals surface area contributed by atoms with E-state index in [2.05, 4.69) is 15.5 Å². The molecule has 0 aromatic carbocycles. The highest BCUT2D eigenvalue weighted by molar-refractivity contribution is 7.08. The Labute approximate surface area is 133 Å². The molecule has 0 aliphatic carbocycles. The Bertz CT molecular complexity index is 673. The van der Waals surface area contributed by atoms with Gasteiger partial charge in [-0.05, 0) is 16.8 Å². The molecule has 2 aromatic heterocycles. The van der Waals surface area contributed by atoms with Crippen LogP contribution in [-0.2, 0) is 0 Å². The van der Waals surface area contributed by atoms with Gasteiger partial charge in [-0.25, -0.2) is 10.4 Å². The van der Waals surface area contributed by atoms with E-state index in [0.717, 1.165) is 5.56 Å². The normalized spacial score (nSPS) is 10.9. The maximum atomic E-state index is 11.9. The maximum Gasteiger partial charge on any atom is 0.291 e. The predicted molar refractivity (Wildman–Crippen MR) is 83.1 cm³/mol. The lowest BCUT2D eigenvalue weighted by Crippen LogP contribution is -2.20. The van der Waals surface area contributed by atoms with Gasteiger partial charge in [-0.15, -0.1) is 0 Å². The molecule has 0 radical (unpaired) electrons. The summed E-state index contributed by atoms with van der Waals surface area (Å²) in [6.45, 7) is 0. The Morgan fingerprint density at radius 3 is 2.80 bits per heavy atom. The number of carbonyl (C=O) groups excluding carboxylic acids is 1. The van der Waals surface area contributed by atoms with Crippen LogP contribution in [-0.4, -0.2) is 17.1 Å². The minimum atomic E-state index is -0.633. The molecule has 0 bridgehead atoms. The van der Waals surface area contributed by atoms with Gasteiger partial charge in [-0.3, -0.25) is 4.79 Å². The zero-order valence-electron chi connectivity index (χ0n) is 9.73. The lowest BCUT2D eigenvalue weighted by molar-refractivity contribution is 0.0950. The van der Waals surface area contributed by atoms with E-state index in [9.17, 15) is 4.79 Å². The minimum Gasteiger partial charge on any atom is -0.396 e. The second-order valence-corrected chi connectivity index (χ2v) is 5.44. The molecule has 5 nitrogen and oxygen atoms in total. The average molecular weight is 350 g/mol. The van der Waals surface area contributed by atoms with E-state index in [0.29, 0.717) is 0 Å². The molecule has 0 aliphatic heterocycles. The molecule has 0 saturated carbocycles. The van der Waals surface area contributed by atoms with E-state index in [4.69, 9.17) is 40.5 Å². The van der Waals surface area contributed by atoms with Crippen LogP contribution in [0, 0.1) is 0 Å².